The molecule has 3 heterocycles. The van der Waals surface area contributed by atoms with Crippen molar-refractivity contribution in [2.45, 2.75) is 24.9 Å². The molecular weight excluding hydrogens is 387 g/mol. The van der Waals surface area contributed by atoms with Gasteiger partial charge in [-0.1, -0.05) is 18.2 Å². The summed E-state index contributed by atoms with van der Waals surface area (Å²) in [6.07, 6.45) is -0.359. The summed E-state index contributed by atoms with van der Waals surface area (Å²) in [5.74, 6) is -0.621. The van der Waals surface area contributed by atoms with Gasteiger partial charge >= 0.3 is 13.5 Å². The van der Waals surface area contributed by atoms with Crippen LogP contribution in [0.1, 0.15) is 13.2 Å². The molecular formula is C17H17N4O6P. The molecule has 0 saturated carbocycles. The molecule has 4 rings (SSSR count). The van der Waals surface area contributed by atoms with Crippen LogP contribution in [0.5, 0.6) is 5.75 Å². The summed E-state index contributed by atoms with van der Waals surface area (Å²) in [4.78, 5) is 15.9. The molecule has 2 aliphatic rings. The van der Waals surface area contributed by atoms with Crippen molar-refractivity contribution >= 4 is 13.6 Å². The van der Waals surface area contributed by atoms with Crippen LogP contribution < -0.4 is 15.9 Å². The van der Waals surface area contributed by atoms with Crippen LogP contribution in [-0.4, -0.2) is 27.9 Å². The van der Waals surface area contributed by atoms with Gasteiger partial charge in [0, 0.05) is 6.20 Å². The van der Waals surface area contributed by atoms with Crippen LogP contribution in [0.2, 0.25) is 0 Å². The summed E-state index contributed by atoms with van der Waals surface area (Å²) in [7, 11) is -4.01. The SMILES string of the molecule is C[C@@]12OP(=O)(Oc3ccccc3)OC[C@H]1O[C@H](n1ccc(N)nc1=O)[C@@H]2C#N. The lowest BCUT2D eigenvalue weighted by molar-refractivity contribution is -0.102. The standard InChI is InChI=1S/C17H17N4O6P/c1-17-12(9-18)15(21-8-7-14(19)20-16(21)22)25-13(17)10-24-28(23,27-17)26-11-5-3-2-4-6-11/h2-8,12-13,15H,10H2,1H3,(H2,19,20,22)/t12-,13+,15-,17-,28?/m0/s1. The minimum absolute atomic E-state index is 0.0525. The van der Waals surface area contributed by atoms with Gasteiger partial charge < -0.3 is 15.0 Å². The monoisotopic (exact) mass is 404 g/mol. The molecule has 1 aromatic heterocycles. The minimum Gasteiger partial charge on any atom is -0.404 e. The van der Waals surface area contributed by atoms with Gasteiger partial charge in [-0.15, -0.1) is 0 Å². The van der Waals surface area contributed by atoms with Crippen LogP contribution in [0, 0.1) is 17.2 Å². The van der Waals surface area contributed by atoms with Gasteiger partial charge in [-0.3, -0.25) is 13.6 Å². The number of hydrogen-bond acceptors (Lipinski definition) is 9. The number of phosphoric ester groups is 1. The molecule has 10 nitrogen and oxygen atoms in total. The number of aromatic nitrogens is 2. The lowest BCUT2D eigenvalue weighted by Crippen LogP contribution is -2.48. The van der Waals surface area contributed by atoms with E-state index in [0.29, 0.717) is 5.75 Å². The van der Waals surface area contributed by atoms with Gasteiger partial charge in [-0.2, -0.15) is 10.2 Å². The van der Waals surface area contributed by atoms with E-state index < -0.39 is 37.4 Å². The van der Waals surface area contributed by atoms with Gasteiger partial charge in [0.05, 0.1) is 12.7 Å². The maximum Gasteiger partial charge on any atom is 0.530 e. The van der Waals surface area contributed by atoms with Crippen molar-refractivity contribution in [3.05, 3.63) is 53.1 Å². The number of nitriles is 1. The van der Waals surface area contributed by atoms with Crippen LogP contribution in [0.25, 0.3) is 0 Å². The van der Waals surface area contributed by atoms with Crippen molar-refractivity contribution in [3.8, 4) is 11.8 Å². The first kappa shape index (κ1) is 18.7. The highest BCUT2D eigenvalue weighted by Gasteiger charge is 2.63. The minimum atomic E-state index is -4.01. The molecule has 2 aromatic rings. The topological polar surface area (TPSA) is 139 Å². The van der Waals surface area contributed by atoms with Gasteiger partial charge in [0.2, 0.25) is 0 Å². The average molecular weight is 404 g/mol. The molecule has 2 N–H and O–H groups in total. The van der Waals surface area contributed by atoms with Crippen LogP contribution >= 0.6 is 7.82 Å². The highest BCUT2D eigenvalue weighted by atomic mass is 31.2. The summed E-state index contributed by atoms with van der Waals surface area (Å²) in [5.41, 5.74) is 3.52. The molecule has 0 bridgehead atoms. The number of para-hydroxylation sites is 1. The number of anilines is 1. The molecule has 0 aliphatic carbocycles. The fraction of sp³-hybridized carbons (Fsp3) is 0.353. The van der Waals surface area contributed by atoms with Crippen LogP contribution in [0.15, 0.2) is 47.4 Å². The third-order valence-corrected chi connectivity index (χ3v) is 6.28. The summed E-state index contributed by atoms with van der Waals surface area (Å²) in [5, 5.41) is 9.77. The molecule has 1 aromatic carbocycles. The fourth-order valence-electron chi connectivity index (χ4n) is 3.30. The predicted octanol–water partition coefficient (Wildman–Crippen LogP) is 1.86. The number of ether oxygens (including phenoxy) is 1. The van der Waals surface area contributed by atoms with Crippen molar-refractivity contribution in [1.82, 2.24) is 9.55 Å². The summed E-state index contributed by atoms with van der Waals surface area (Å²) in [6.45, 7) is 1.46. The fourth-order valence-corrected chi connectivity index (χ4v) is 4.86. The maximum absolute atomic E-state index is 13.0. The Labute approximate surface area is 160 Å². The first-order valence-electron chi connectivity index (χ1n) is 8.44. The Morgan fingerprint density at radius 2 is 2.14 bits per heavy atom. The van der Waals surface area contributed by atoms with Crippen molar-refractivity contribution in [3.63, 3.8) is 0 Å². The second-order valence-corrected chi connectivity index (χ2v) is 8.10. The molecule has 28 heavy (non-hydrogen) atoms. The molecule has 2 aliphatic heterocycles. The van der Waals surface area contributed by atoms with E-state index in [1.165, 1.54) is 12.3 Å². The third kappa shape index (κ3) is 3.08. The quantitative estimate of drug-likeness (QED) is 0.759. The maximum atomic E-state index is 13.0. The summed E-state index contributed by atoms with van der Waals surface area (Å²) < 4.78 is 36.5. The van der Waals surface area contributed by atoms with E-state index in [4.69, 9.17) is 24.0 Å². The van der Waals surface area contributed by atoms with Gasteiger partial charge in [-0.05, 0) is 25.1 Å². The lowest BCUT2D eigenvalue weighted by atomic mass is 9.87. The second-order valence-electron chi connectivity index (χ2n) is 6.59. The predicted molar refractivity (Wildman–Crippen MR) is 96.0 cm³/mol. The number of fused-ring (bicyclic) bond motifs is 1. The van der Waals surface area contributed by atoms with Gasteiger partial charge in [0.15, 0.2) is 6.23 Å². The third-order valence-electron chi connectivity index (χ3n) is 4.76. The Kier molecular flexibility index (Phi) is 4.48. The zero-order valence-electron chi connectivity index (χ0n) is 14.8. The van der Waals surface area contributed by atoms with Crippen molar-refractivity contribution in [2.75, 3.05) is 12.3 Å². The second kappa shape index (κ2) is 6.72. The number of benzene rings is 1. The number of phosphoric acid groups is 1. The van der Waals surface area contributed by atoms with Gasteiger partial charge in [-0.25, -0.2) is 9.36 Å². The number of nitrogens with zero attached hydrogens (tertiary/aromatic N) is 3. The number of nitrogens with two attached hydrogens (primary N) is 1. The van der Waals surface area contributed by atoms with E-state index in [0.717, 1.165) is 4.57 Å². The molecule has 11 heteroatoms. The highest BCUT2D eigenvalue weighted by Crippen LogP contribution is 2.61. The Bertz CT molecular complexity index is 1040. The van der Waals surface area contributed by atoms with Crippen molar-refractivity contribution < 1.29 is 22.9 Å². The molecule has 2 saturated heterocycles. The van der Waals surface area contributed by atoms with E-state index in [1.807, 2.05) is 0 Å². The summed E-state index contributed by atoms with van der Waals surface area (Å²) >= 11 is 0. The van der Waals surface area contributed by atoms with Gasteiger partial charge in [0.25, 0.3) is 0 Å². The average Bonchev–Trinajstić information content (AvgIpc) is 2.92. The van der Waals surface area contributed by atoms with E-state index in [9.17, 15) is 14.6 Å². The smallest absolute Gasteiger partial charge is 0.404 e. The first-order chi connectivity index (χ1) is 13.3. The van der Waals surface area contributed by atoms with Crippen LogP contribution in [-0.2, 0) is 18.3 Å². The molecule has 5 atom stereocenters. The van der Waals surface area contributed by atoms with Gasteiger partial charge in [0.1, 0.15) is 29.2 Å². The Morgan fingerprint density at radius 3 is 2.82 bits per heavy atom. The van der Waals surface area contributed by atoms with E-state index >= 15 is 0 Å². The van der Waals surface area contributed by atoms with E-state index in [2.05, 4.69) is 11.1 Å². The zero-order chi connectivity index (χ0) is 19.9. The molecule has 0 spiro atoms. The molecule has 146 valence electrons. The molecule has 2 fully saturated rings. The number of rotatable bonds is 3. The zero-order valence-corrected chi connectivity index (χ0v) is 15.7. The Balaban J connectivity index is 1.65. The molecule has 0 radical (unpaired) electrons. The van der Waals surface area contributed by atoms with Crippen LogP contribution in [0.3, 0.4) is 0 Å². The van der Waals surface area contributed by atoms with Crippen molar-refractivity contribution in [1.29, 1.82) is 5.26 Å². The Hall–Kier alpha value is -2.70. The van der Waals surface area contributed by atoms with E-state index in [-0.39, 0.29) is 12.4 Å². The summed E-state index contributed by atoms with van der Waals surface area (Å²) in [6, 6.07) is 11.9. The first-order valence-corrected chi connectivity index (χ1v) is 9.90. The number of hydrogen-bond donors (Lipinski definition) is 1. The van der Waals surface area contributed by atoms with Crippen LogP contribution in [0.4, 0.5) is 5.82 Å². The number of nitrogen functional groups attached to an aromatic ring is 1. The van der Waals surface area contributed by atoms with E-state index in [1.54, 1.807) is 37.3 Å². The molecule has 0 amide bonds. The highest BCUT2D eigenvalue weighted by molar-refractivity contribution is 7.49. The lowest BCUT2D eigenvalue weighted by Gasteiger charge is -2.38. The normalized spacial score (nSPS) is 34.4. The molecule has 1 unspecified atom stereocenters. The Morgan fingerprint density at radius 1 is 1.39 bits per heavy atom. The van der Waals surface area contributed by atoms with Crippen molar-refractivity contribution in [2.24, 2.45) is 5.92 Å². The largest absolute Gasteiger partial charge is 0.530 e.